The first-order chi connectivity index (χ1) is 9.45. The average molecular weight is 277 g/mol. The molecule has 1 aliphatic rings. The highest BCUT2D eigenvalue weighted by atomic mass is 16.5. The van der Waals surface area contributed by atoms with Gasteiger partial charge in [0.25, 0.3) is 0 Å². The van der Waals surface area contributed by atoms with E-state index in [1.165, 1.54) is 11.1 Å². The number of fused-ring (bicyclic) bond motifs is 1. The Morgan fingerprint density at radius 2 is 2.15 bits per heavy atom. The fourth-order valence-corrected chi connectivity index (χ4v) is 2.86. The van der Waals surface area contributed by atoms with E-state index in [1.54, 1.807) is 7.11 Å². The van der Waals surface area contributed by atoms with Crippen molar-refractivity contribution >= 4 is 0 Å². The van der Waals surface area contributed by atoms with Gasteiger partial charge in [-0.1, -0.05) is 24.6 Å². The molecular weight excluding hydrogens is 250 g/mol. The highest BCUT2D eigenvalue weighted by Gasteiger charge is 2.32. The molecule has 0 aliphatic carbocycles. The maximum Gasteiger partial charge on any atom is 0.124 e. The summed E-state index contributed by atoms with van der Waals surface area (Å²) in [6.45, 7) is 9.48. The van der Waals surface area contributed by atoms with Gasteiger partial charge in [-0.2, -0.15) is 0 Å². The first kappa shape index (κ1) is 15.3. The number of nitrogens with one attached hydrogen (secondary N) is 1. The smallest absolute Gasteiger partial charge is 0.124 e. The van der Waals surface area contributed by atoms with Crippen LogP contribution in [0.1, 0.15) is 50.8 Å². The van der Waals surface area contributed by atoms with Crippen molar-refractivity contribution in [3.8, 4) is 5.75 Å². The molecule has 112 valence electrons. The number of aryl methyl sites for hydroxylation is 1. The first-order valence-corrected chi connectivity index (χ1v) is 7.51. The highest BCUT2D eigenvalue weighted by molar-refractivity contribution is 5.41. The molecule has 0 radical (unpaired) electrons. The molecule has 1 aliphatic heterocycles. The summed E-state index contributed by atoms with van der Waals surface area (Å²) in [5.74, 6) is 1.02. The van der Waals surface area contributed by atoms with Crippen LogP contribution in [0.25, 0.3) is 0 Å². The Hall–Kier alpha value is -1.06. The lowest BCUT2D eigenvalue weighted by Crippen LogP contribution is -2.38. The van der Waals surface area contributed by atoms with Crippen LogP contribution in [-0.4, -0.2) is 25.4 Å². The maximum absolute atomic E-state index is 6.18. The molecule has 2 atom stereocenters. The van der Waals surface area contributed by atoms with Crippen LogP contribution < -0.4 is 10.1 Å². The largest absolute Gasteiger partial charge is 0.490 e. The lowest BCUT2D eigenvalue weighted by Gasteiger charge is -2.36. The van der Waals surface area contributed by atoms with Gasteiger partial charge in [-0.15, -0.1) is 0 Å². The molecule has 1 aromatic carbocycles. The van der Waals surface area contributed by atoms with Crippen LogP contribution in [0, 0.1) is 6.92 Å². The van der Waals surface area contributed by atoms with Gasteiger partial charge in [0.05, 0.1) is 5.60 Å². The van der Waals surface area contributed by atoms with Crippen LogP contribution in [0.4, 0.5) is 0 Å². The van der Waals surface area contributed by atoms with Crippen LogP contribution >= 0.6 is 0 Å². The Labute approximate surface area is 122 Å². The van der Waals surface area contributed by atoms with Crippen molar-refractivity contribution in [1.82, 2.24) is 5.32 Å². The van der Waals surface area contributed by atoms with Gasteiger partial charge < -0.3 is 14.8 Å². The van der Waals surface area contributed by atoms with Gasteiger partial charge >= 0.3 is 0 Å². The SMILES string of the molecule is CCNC1CC(CC(C)(C)OC)Oc2ccc(C)cc21. The van der Waals surface area contributed by atoms with Crippen LogP contribution in [0.3, 0.4) is 0 Å². The van der Waals surface area contributed by atoms with Crippen LogP contribution in [-0.2, 0) is 4.74 Å². The second kappa shape index (κ2) is 6.15. The number of benzene rings is 1. The summed E-state index contributed by atoms with van der Waals surface area (Å²) in [6.07, 6.45) is 2.10. The monoisotopic (exact) mass is 277 g/mol. The number of methoxy groups -OCH3 is 1. The molecule has 1 N–H and O–H groups in total. The van der Waals surface area contributed by atoms with E-state index in [9.17, 15) is 0 Å². The van der Waals surface area contributed by atoms with Crippen molar-refractivity contribution in [1.29, 1.82) is 0 Å². The van der Waals surface area contributed by atoms with Crippen molar-refractivity contribution in [2.24, 2.45) is 0 Å². The normalized spacial score (nSPS) is 22.2. The topological polar surface area (TPSA) is 30.5 Å². The predicted octanol–water partition coefficient (Wildman–Crippen LogP) is 3.61. The Kier molecular flexibility index (Phi) is 4.71. The van der Waals surface area contributed by atoms with Gasteiger partial charge in [0.1, 0.15) is 11.9 Å². The number of hydrogen-bond acceptors (Lipinski definition) is 3. The molecule has 0 saturated carbocycles. The van der Waals surface area contributed by atoms with Gasteiger partial charge in [-0.25, -0.2) is 0 Å². The Bertz CT molecular complexity index is 456. The van der Waals surface area contributed by atoms with Gasteiger partial charge in [0.2, 0.25) is 0 Å². The molecule has 2 rings (SSSR count). The quantitative estimate of drug-likeness (QED) is 0.892. The summed E-state index contributed by atoms with van der Waals surface area (Å²) in [5.41, 5.74) is 2.42. The lowest BCUT2D eigenvalue weighted by atomic mass is 9.90. The van der Waals surface area contributed by atoms with Crippen LogP contribution in [0.5, 0.6) is 5.75 Å². The van der Waals surface area contributed by atoms with Gasteiger partial charge in [-0.3, -0.25) is 0 Å². The van der Waals surface area contributed by atoms with Crippen LogP contribution in [0.15, 0.2) is 18.2 Å². The Morgan fingerprint density at radius 1 is 1.40 bits per heavy atom. The molecule has 0 aromatic heterocycles. The summed E-state index contributed by atoms with van der Waals surface area (Å²) in [6, 6.07) is 6.83. The van der Waals surface area contributed by atoms with Crippen molar-refractivity contribution in [3.05, 3.63) is 29.3 Å². The molecule has 0 amide bonds. The van der Waals surface area contributed by atoms with E-state index >= 15 is 0 Å². The zero-order valence-electron chi connectivity index (χ0n) is 13.3. The number of rotatable bonds is 5. The average Bonchev–Trinajstić information content (AvgIpc) is 2.39. The zero-order chi connectivity index (χ0) is 14.8. The summed E-state index contributed by atoms with van der Waals surface area (Å²) < 4.78 is 11.7. The second-order valence-electron chi connectivity index (χ2n) is 6.30. The van der Waals surface area contributed by atoms with Crippen molar-refractivity contribution in [2.75, 3.05) is 13.7 Å². The summed E-state index contributed by atoms with van der Waals surface area (Å²) in [5, 5.41) is 3.58. The Morgan fingerprint density at radius 3 is 2.80 bits per heavy atom. The molecule has 3 nitrogen and oxygen atoms in total. The maximum atomic E-state index is 6.18. The summed E-state index contributed by atoms with van der Waals surface area (Å²) in [4.78, 5) is 0. The molecule has 20 heavy (non-hydrogen) atoms. The summed E-state index contributed by atoms with van der Waals surface area (Å²) in [7, 11) is 1.77. The zero-order valence-corrected chi connectivity index (χ0v) is 13.3. The minimum absolute atomic E-state index is 0.149. The molecule has 2 unspecified atom stereocenters. The van der Waals surface area contributed by atoms with E-state index < -0.39 is 0 Å². The fraction of sp³-hybridized carbons (Fsp3) is 0.647. The third-order valence-electron chi connectivity index (χ3n) is 4.06. The Balaban J connectivity index is 2.20. The van der Waals surface area contributed by atoms with Crippen molar-refractivity contribution in [2.45, 2.75) is 58.3 Å². The van der Waals surface area contributed by atoms with E-state index in [1.807, 2.05) is 0 Å². The number of ether oxygens (including phenoxy) is 2. The third-order valence-corrected chi connectivity index (χ3v) is 4.06. The number of hydrogen-bond donors (Lipinski definition) is 1. The van der Waals surface area contributed by atoms with E-state index in [-0.39, 0.29) is 11.7 Å². The van der Waals surface area contributed by atoms with E-state index in [4.69, 9.17) is 9.47 Å². The van der Waals surface area contributed by atoms with Gasteiger partial charge in [0.15, 0.2) is 0 Å². The molecule has 1 heterocycles. The second-order valence-corrected chi connectivity index (χ2v) is 6.30. The predicted molar refractivity (Wildman–Crippen MR) is 82.3 cm³/mol. The third kappa shape index (κ3) is 3.53. The van der Waals surface area contributed by atoms with Gasteiger partial charge in [-0.05, 0) is 33.4 Å². The fourth-order valence-electron chi connectivity index (χ4n) is 2.86. The highest BCUT2D eigenvalue weighted by Crippen LogP contribution is 2.37. The molecule has 0 spiro atoms. The molecule has 0 fully saturated rings. The molecule has 1 aromatic rings. The van der Waals surface area contributed by atoms with E-state index in [2.05, 4.69) is 51.2 Å². The molecule has 3 heteroatoms. The minimum atomic E-state index is -0.149. The van der Waals surface area contributed by atoms with E-state index in [0.717, 1.165) is 25.1 Å². The van der Waals surface area contributed by atoms with Gasteiger partial charge in [0, 0.05) is 31.6 Å². The lowest BCUT2D eigenvalue weighted by molar-refractivity contribution is -0.0204. The molecule has 0 bridgehead atoms. The van der Waals surface area contributed by atoms with E-state index in [0.29, 0.717) is 6.04 Å². The minimum Gasteiger partial charge on any atom is -0.490 e. The van der Waals surface area contributed by atoms with Crippen molar-refractivity contribution in [3.63, 3.8) is 0 Å². The van der Waals surface area contributed by atoms with Crippen molar-refractivity contribution < 1.29 is 9.47 Å². The summed E-state index contributed by atoms with van der Waals surface area (Å²) >= 11 is 0. The van der Waals surface area contributed by atoms with Crippen LogP contribution in [0.2, 0.25) is 0 Å². The molecular formula is C17H27NO2. The standard InChI is InChI=1S/C17H27NO2/c1-6-18-15-10-13(11-17(3,4)19-5)20-16-8-7-12(2)9-14(15)16/h7-9,13,15,18H,6,10-11H2,1-5H3. The first-order valence-electron chi connectivity index (χ1n) is 7.51. The molecule has 0 saturated heterocycles.